The predicted octanol–water partition coefficient (Wildman–Crippen LogP) is 3.23. The van der Waals surface area contributed by atoms with Crippen molar-refractivity contribution in [2.45, 2.75) is 43.6 Å². The second-order valence-electron chi connectivity index (χ2n) is 8.85. The van der Waals surface area contributed by atoms with Crippen molar-refractivity contribution in [3.8, 4) is 28.3 Å². The molecule has 2 saturated heterocycles. The number of hydrogen-bond acceptors (Lipinski definition) is 7. The van der Waals surface area contributed by atoms with Gasteiger partial charge in [-0.25, -0.2) is 18.9 Å². The second kappa shape index (κ2) is 7.77. The van der Waals surface area contributed by atoms with E-state index >= 15 is 0 Å². The zero-order chi connectivity index (χ0) is 22.5. The summed E-state index contributed by atoms with van der Waals surface area (Å²) in [6, 6.07) is 9.15. The van der Waals surface area contributed by atoms with Gasteiger partial charge in [-0.1, -0.05) is 6.07 Å². The second-order valence-corrected chi connectivity index (χ2v) is 8.85. The molecule has 33 heavy (non-hydrogen) atoms. The highest BCUT2D eigenvalue weighted by Crippen LogP contribution is 2.35. The number of nitrogens with zero attached hydrogens (tertiary/aromatic N) is 6. The molecule has 9 heteroatoms. The maximum Gasteiger partial charge on any atom is 0.154 e. The minimum Gasteiger partial charge on any atom is -0.507 e. The van der Waals surface area contributed by atoms with Gasteiger partial charge in [-0.3, -0.25) is 4.98 Å². The van der Waals surface area contributed by atoms with Crippen LogP contribution in [0.2, 0.25) is 0 Å². The number of halogens is 1. The number of phenols is 1. The summed E-state index contributed by atoms with van der Waals surface area (Å²) in [5.74, 6) is 0.715. The van der Waals surface area contributed by atoms with Crippen LogP contribution in [0.15, 0.2) is 55.1 Å². The lowest BCUT2D eigenvalue weighted by atomic mass is 9.96. The van der Waals surface area contributed by atoms with Gasteiger partial charge in [0.2, 0.25) is 0 Å². The largest absolute Gasteiger partial charge is 0.507 e. The van der Waals surface area contributed by atoms with E-state index in [1.54, 1.807) is 35.2 Å². The van der Waals surface area contributed by atoms with Crippen molar-refractivity contribution < 1.29 is 9.50 Å². The fraction of sp³-hybridized carbons (Fsp3) is 0.333. The Balaban J connectivity index is 1.23. The van der Waals surface area contributed by atoms with Crippen LogP contribution < -0.4 is 10.2 Å². The summed E-state index contributed by atoms with van der Waals surface area (Å²) in [5, 5.41) is 18.3. The minimum absolute atomic E-state index is 0.0671. The van der Waals surface area contributed by atoms with Crippen molar-refractivity contribution in [1.29, 1.82) is 0 Å². The number of anilines is 1. The Morgan fingerprint density at radius 2 is 2.06 bits per heavy atom. The van der Waals surface area contributed by atoms with E-state index in [-0.39, 0.29) is 17.8 Å². The predicted molar refractivity (Wildman–Crippen MR) is 123 cm³/mol. The number of alkyl halides is 1. The van der Waals surface area contributed by atoms with Gasteiger partial charge in [-0.15, -0.1) is 0 Å². The molecular weight excluding hydrogens is 421 g/mol. The third-order valence-electron chi connectivity index (χ3n) is 6.86. The lowest BCUT2D eigenvalue weighted by molar-refractivity contribution is 0.176. The molecule has 0 aliphatic carbocycles. The number of benzene rings is 1. The molecule has 2 aliphatic heterocycles. The Hall–Kier alpha value is -3.59. The molecule has 0 amide bonds. The number of piperidine rings is 1. The number of hydrogen-bond donors (Lipinski definition) is 2. The summed E-state index contributed by atoms with van der Waals surface area (Å²) >= 11 is 0. The molecule has 8 nitrogen and oxygen atoms in total. The SMILES string of the molecule is CN(c1cnc(-c2ccc(-c3cn4ncccc4n3)cc2O)cn1)[C@@H]1C[C@H]2CC[C@H](N2)[C@@H]1F. The lowest BCUT2D eigenvalue weighted by Crippen LogP contribution is -2.55. The van der Waals surface area contributed by atoms with E-state index in [2.05, 4.69) is 25.4 Å². The highest BCUT2D eigenvalue weighted by atomic mass is 19.1. The Labute approximate surface area is 190 Å². The molecule has 5 heterocycles. The van der Waals surface area contributed by atoms with Crippen molar-refractivity contribution in [3.63, 3.8) is 0 Å². The van der Waals surface area contributed by atoms with E-state index in [0.717, 1.165) is 36.2 Å². The highest BCUT2D eigenvalue weighted by molar-refractivity contribution is 5.73. The molecule has 2 aliphatic rings. The van der Waals surface area contributed by atoms with Crippen LogP contribution in [-0.4, -0.2) is 61.0 Å². The number of aromatic nitrogens is 5. The van der Waals surface area contributed by atoms with Gasteiger partial charge in [0.25, 0.3) is 0 Å². The summed E-state index contributed by atoms with van der Waals surface area (Å²) in [4.78, 5) is 15.5. The number of phenolic OH excluding ortho intramolecular Hbond substituents is 1. The van der Waals surface area contributed by atoms with E-state index in [0.29, 0.717) is 23.1 Å². The van der Waals surface area contributed by atoms with Crippen LogP contribution in [-0.2, 0) is 0 Å². The van der Waals surface area contributed by atoms with Gasteiger partial charge < -0.3 is 15.3 Å². The first kappa shape index (κ1) is 20.0. The Bertz CT molecular complexity index is 1270. The fourth-order valence-corrected chi connectivity index (χ4v) is 5.04. The fourth-order valence-electron chi connectivity index (χ4n) is 5.04. The van der Waals surface area contributed by atoms with Gasteiger partial charge in [-0.2, -0.15) is 5.10 Å². The molecule has 4 aromatic rings. The number of rotatable bonds is 4. The molecule has 2 bridgehead atoms. The van der Waals surface area contributed by atoms with E-state index in [4.69, 9.17) is 0 Å². The number of nitrogens with one attached hydrogen (secondary N) is 1. The van der Waals surface area contributed by atoms with E-state index < -0.39 is 6.17 Å². The van der Waals surface area contributed by atoms with Crippen LogP contribution in [0.4, 0.5) is 10.2 Å². The highest BCUT2D eigenvalue weighted by Gasteiger charge is 2.43. The Kier molecular flexibility index (Phi) is 4.72. The van der Waals surface area contributed by atoms with Gasteiger partial charge >= 0.3 is 0 Å². The molecule has 0 radical (unpaired) electrons. The van der Waals surface area contributed by atoms with Gasteiger partial charge in [-0.05, 0) is 43.5 Å². The van der Waals surface area contributed by atoms with Gasteiger partial charge in [0.05, 0.1) is 36.0 Å². The van der Waals surface area contributed by atoms with Crippen molar-refractivity contribution in [2.24, 2.45) is 0 Å². The van der Waals surface area contributed by atoms with Gasteiger partial charge in [0, 0.05) is 36.5 Å². The van der Waals surface area contributed by atoms with Crippen LogP contribution in [0, 0.1) is 0 Å². The summed E-state index contributed by atoms with van der Waals surface area (Å²) in [5.41, 5.74) is 3.36. The number of aromatic hydroxyl groups is 1. The average molecular weight is 446 g/mol. The van der Waals surface area contributed by atoms with Crippen molar-refractivity contribution in [1.82, 2.24) is 29.9 Å². The van der Waals surface area contributed by atoms with E-state index in [1.165, 1.54) is 0 Å². The third kappa shape index (κ3) is 3.48. The monoisotopic (exact) mass is 445 g/mol. The number of imidazole rings is 1. The maximum absolute atomic E-state index is 14.9. The molecule has 4 atom stereocenters. The average Bonchev–Trinajstić information content (AvgIpc) is 3.46. The van der Waals surface area contributed by atoms with Crippen molar-refractivity contribution in [2.75, 3.05) is 11.9 Å². The third-order valence-corrected chi connectivity index (χ3v) is 6.86. The topological polar surface area (TPSA) is 91.5 Å². The zero-order valence-electron chi connectivity index (χ0n) is 18.1. The Morgan fingerprint density at radius 1 is 1.15 bits per heavy atom. The molecule has 168 valence electrons. The molecule has 6 rings (SSSR count). The maximum atomic E-state index is 14.9. The lowest BCUT2D eigenvalue weighted by Gasteiger charge is -2.38. The minimum atomic E-state index is -0.929. The Morgan fingerprint density at radius 3 is 2.85 bits per heavy atom. The van der Waals surface area contributed by atoms with Crippen LogP contribution in [0.5, 0.6) is 5.75 Å². The molecule has 2 fully saturated rings. The van der Waals surface area contributed by atoms with Crippen LogP contribution >= 0.6 is 0 Å². The van der Waals surface area contributed by atoms with Crippen molar-refractivity contribution in [3.05, 3.63) is 55.1 Å². The summed E-state index contributed by atoms with van der Waals surface area (Å²) in [6.07, 6.45) is 8.54. The number of fused-ring (bicyclic) bond motifs is 3. The summed E-state index contributed by atoms with van der Waals surface area (Å²) in [6.45, 7) is 0. The van der Waals surface area contributed by atoms with E-state index in [1.807, 2.05) is 36.3 Å². The first-order chi connectivity index (χ1) is 16.1. The molecule has 2 N–H and O–H groups in total. The first-order valence-corrected chi connectivity index (χ1v) is 11.2. The quantitative estimate of drug-likeness (QED) is 0.498. The summed E-state index contributed by atoms with van der Waals surface area (Å²) in [7, 11) is 1.88. The molecule has 1 aromatic carbocycles. The van der Waals surface area contributed by atoms with Crippen LogP contribution in [0.25, 0.3) is 28.2 Å². The molecule has 0 saturated carbocycles. The van der Waals surface area contributed by atoms with Gasteiger partial charge in [0.1, 0.15) is 17.7 Å². The molecule has 0 unspecified atom stereocenters. The van der Waals surface area contributed by atoms with Crippen LogP contribution in [0.1, 0.15) is 19.3 Å². The van der Waals surface area contributed by atoms with Crippen LogP contribution in [0.3, 0.4) is 0 Å². The smallest absolute Gasteiger partial charge is 0.154 e. The molecule has 0 spiro atoms. The normalized spacial score (nSPS) is 24.3. The summed E-state index contributed by atoms with van der Waals surface area (Å²) < 4.78 is 16.6. The van der Waals surface area contributed by atoms with E-state index in [9.17, 15) is 9.50 Å². The first-order valence-electron chi connectivity index (χ1n) is 11.2. The molecular formula is C24H24FN7O. The van der Waals surface area contributed by atoms with Crippen molar-refractivity contribution >= 4 is 11.5 Å². The molecule has 3 aromatic heterocycles. The van der Waals surface area contributed by atoms with Gasteiger partial charge in [0.15, 0.2) is 5.65 Å². The standard InChI is InChI=1S/C24H24FN7O/c1-31(20-10-15-5-7-17(29-15)24(20)25)23-12-26-18(11-27-23)16-6-4-14(9-21(16)33)19-13-32-22(30-19)3-2-8-28-32/h2-4,6,8-9,11-13,15,17,20,24,29,33H,5,7,10H2,1H3/t15-,17+,20-,24+/m1/s1. The zero-order valence-corrected chi connectivity index (χ0v) is 18.1.